The number of amides is 2. The largest absolute Gasteiger partial charge is 0.481 e. The molecule has 7 heteroatoms. The van der Waals surface area contributed by atoms with E-state index in [1.54, 1.807) is 16.7 Å². The zero-order chi connectivity index (χ0) is 14.0. The Balaban J connectivity index is 1.81. The number of ether oxygens (including phenoxy) is 1. The first-order chi connectivity index (χ1) is 9.02. The molecule has 0 saturated carbocycles. The number of aliphatic carboxylic acids is 1. The van der Waals surface area contributed by atoms with Crippen LogP contribution in [0.1, 0.15) is 6.92 Å². The molecule has 7 nitrogen and oxygen atoms in total. The summed E-state index contributed by atoms with van der Waals surface area (Å²) in [6, 6.07) is -0.0874. The minimum Gasteiger partial charge on any atom is -0.481 e. The number of carbonyl (C=O) groups excluding carboxylic acids is 1. The van der Waals surface area contributed by atoms with E-state index < -0.39 is 11.9 Å². The quantitative estimate of drug-likeness (QED) is 0.719. The lowest BCUT2D eigenvalue weighted by Crippen LogP contribution is -2.59. The molecule has 0 aromatic carbocycles. The molecule has 2 unspecified atom stereocenters. The zero-order valence-electron chi connectivity index (χ0n) is 11.0. The van der Waals surface area contributed by atoms with Crippen LogP contribution in [0.25, 0.3) is 0 Å². The molecule has 0 aromatic heterocycles. The fraction of sp³-hybridized carbons (Fsp3) is 0.833. The molecule has 2 heterocycles. The molecular formula is C12H20N2O5. The Kier molecular flexibility index (Phi) is 4.26. The maximum absolute atomic E-state index is 12.1. The van der Waals surface area contributed by atoms with Crippen molar-refractivity contribution in [1.29, 1.82) is 0 Å². The Morgan fingerprint density at radius 3 is 2.58 bits per heavy atom. The van der Waals surface area contributed by atoms with Crippen LogP contribution in [-0.4, -0.2) is 77.5 Å². The van der Waals surface area contributed by atoms with Gasteiger partial charge in [0, 0.05) is 25.6 Å². The maximum atomic E-state index is 12.1. The number of likely N-dealkylation sites (tertiary alicyclic amines) is 1. The molecule has 19 heavy (non-hydrogen) atoms. The second-order valence-corrected chi connectivity index (χ2v) is 5.20. The van der Waals surface area contributed by atoms with Gasteiger partial charge in [-0.1, -0.05) is 6.92 Å². The SMILES string of the molecule is CC(C(=O)O)C1CN(C(=O)N2CCOC(CO)C2)C1. The molecule has 0 radical (unpaired) electrons. The summed E-state index contributed by atoms with van der Waals surface area (Å²) in [5.41, 5.74) is 0. The zero-order valence-corrected chi connectivity index (χ0v) is 11.0. The Morgan fingerprint density at radius 1 is 1.32 bits per heavy atom. The highest BCUT2D eigenvalue weighted by Crippen LogP contribution is 2.25. The van der Waals surface area contributed by atoms with Crippen LogP contribution in [-0.2, 0) is 9.53 Å². The summed E-state index contributed by atoms with van der Waals surface area (Å²) in [5, 5.41) is 17.9. The number of aliphatic hydroxyl groups is 1. The highest BCUT2D eigenvalue weighted by molar-refractivity contribution is 5.76. The van der Waals surface area contributed by atoms with Crippen molar-refractivity contribution in [3.05, 3.63) is 0 Å². The summed E-state index contributed by atoms with van der Waals surface area (Å²) >= 11 is 0. The number of rotatable bonds is 3. The molecule has 2 saturated heterocycles. The third-order valence-electron chi connectivity index (χ3n) is 3.89. The van der Waals surface area contributed by atoms with Gasteiger partial charge in [0.1, 0.15) is 0 Å². The molecule has 0 bridgehead atoms. The van der Waals surface area contributed by atoms with E-state index >= 15 is 0 Å². The van der Waals surface area contributed by atoms with Crippen LogP contribution < -0.4 is 0 Å². The molecular weight excluding hydrogens is 252 g/mol. The highest BCUT2D eigenvalue weighted by atomic mass is 16.5. The number of carbonyl (C=O) groups is 2. The second-order valence-electron chi connectivity index (χ2n) is 5.20. The van der Waals surface area contributed by atoms with Crippen molar-refractivity contribution in [2.24, 2.45) is 11.8 Å². The van der Waals surface area contributed by atoms with Gasteiger partial charge in [0.2, 0.25) is 0 Å². The van der Waals surface area contributed by atoms with Gasteiger partial charge in [0.25, 0.3) is 0 Å². The van der Waals surface area contributed by atoms with Gasteiger partial charge in [0.15, 0.2) is 0 Å². The first-order valence-electron chi connectivity index (χ1n) is 6.52. The van der Waals surface area contributed by atoms with Gasteiger partial charge in [-0.15, -0.1) is 0 Å². The van der Waals surface area contributed by atoms with Crippen molar-refractivity contribution in [2.75, 3.05) is 39.4 Å². The molecule has 0 aromatic rings. The number of morpholine rings is 1. The second kappa shape index (κ2) is 5.75. The van der Waals surface area contributed by atoms with Crippen molar-refractivity contribution >= 4 is 12.0 Å². The molecule has 2 aliphatic rings. The summed E-state index contributed by atoms with van der Waals surface area (Å²) in [4.78, 5) is 26.3. The molecule has 0 spiro atoms. The van der Waals surface area contributed by atoms with E-state index in [0.29, 0.717) is 32.8 Å². The minimum absolute atomic E-state index is 0.0381. The number of urea groups is 1. The third kappa shape index (κ3) is 2.98. The smallest absolute Gasteiger partial charge is 0.320 e. The predicted octanol–water partition coefficient (Wildman–Crippen LogP) is -0.548. The Hall–Kier alpha value is -1.34. The maximum Gasteiger partial charge on any atom is 0.320 e. The van der Waals surface area contributed by atoms with Crippen LogP contribution in [0.3, 0.4) is 0 Å². The standard InChI is InChI=1S/C12H20N2O5/c1-8(11(16)17)9-4-14(5-9)12(18)13-2-3-19-10(6-13)7-15/h8-10,15H,2-7H2,1H3,(H,16,17). The van der Waals surface area contributed by atoms with Crippen LogP contribution in [0.5, 0.6) is 0 Å². The van der Waals surface area contributed by atoms with E-state index in [0.717, 1.165) is 0 Å². The summed E-state index contributed by atoms with van der Waals surface area (Å²) in [5.74, 6) is -1.20. The Morgan fingerprint density at radius 2 is 2.00 bits per heavy atom. The average molecular weight is 272 g/mol. The van der Waals surface area contributed by atoms with Crippen LogP contribution in [0.4, 0.5) is 4.79 Å². The fourth-order valence-corrected chi connectivity index (χ4v) is 2.39. The molecule has 2 aliphatic heterocycles. The number of hydrogen-bond donors (Lipinski definition) is 2. The van der Waals surface area contributed by atoms with Gasteiger partial charge in [-0.25, -0.2) is 4.79 Å². The van der Waals surface area contributed by atoms with Crippen LogP contribution in [0.2, 0.25) is 0 Å². The molecule has 2 N–H and O–H groups in total. The summed E-state index contributed by atoms with van der Waals surface area (Å²) in [6.45, 7) is 3.91. The normalized spacial score (nSPS) is 25.9. The van der Waals surface area contributed by atoms with Crippen molar-refractivity contribution in [3.63, 3.8) is 0 Å². The van der Waals surface area contributed by atoms with E-state index in [9.17, 15) is 9.59 Å². The van der Waals surface area contributed by atoms with Crippen LogP contribution in [0.15, 0.2) is 0 Å². The predicted molar refractivity (Wildman–Crippen MR) is 65.7 cm³/mol. The Bertz CT molecular complexity index is 356. The third-order valence-corrected chi connectivity index (χ3v) is 3.89. The Labute approximate surface area is 111 Å². The summed E-state index contributed by atoms with van der Waals surface area (Å²) in [6.07, 6.45) is -0.312. The lowest BCUT2D eigenvalue weighted by Gasteiger charge is -2.44. The molecule has 2 rings (SSSR count). The van der Waals surface area contributed by atoms with Crippen molar-refractivity contribution in [3.8, 4) is 0 Å². The van der Waals surface area contributed by atoms with Crippen molar-refractivity contribution in [2.45, 2.75) is 13.0 Å². The molecule has 108 valence electrons. The first kappa shape index (κ1) is 14.1. The van der Waals surface area contributed by atoms with Gasteiger partial charge in [-0.2, -0.15) is 0 Å². The first-order valence-corrected chi connectivity index (χ1v) is 6.52. The summed E-state index contributed by atoms with van der Waals surface area (Å²) in [7, 11) is 0. The van der Waals surface area contributed by atoms with Gasteiger partial charge < -0.3 is 24.7 Å². The van der Waals surface area contributed by atoms with Gasteiger partial charge in [-0.3, -0.25) is 4.79 Å². The minimum atomic E-state index is -0.816. The van der Waals surface area contributed by atoms with Crippen molar-refractivity contribution in [1.82, 2.24) is 9.80 Å². The number of hydrogen-bond acceptors (Lipinski definition) is 4. The van der Waals surface area contributed by atoms with Gasteiger partial charge >= 0.3 is 12.0 Å². The van der Waals surface area contributed by atoms with Crippen LogP contribution in [0, 0.1) is 11.8 Å². The number of nitrogens with zero attached hydrogens (tertiary/aromatic N) is 2. The number of carboxylic acids is 1. The topological polar surface area (TPSA) is 90.3 Å². The van der Waals surface area contributed by atoms with Gasteiger partial charge in [-0.05, 0) is 0 Å². The average Bonchev–Trinajstić information content (AvgIpc) is 2.36. The monoisotopic (exact) mass is 272 g/mol. The van der Waals surface area contributed by atoms with E-state index in [4.69, 9.17) is 14.9 Å². The lowest BCUT2D eigenvalue weighted by molar-refractivity contribution is -0.145. The molecule has 2 amide bonds. The van der Waals surface area contributed by atoms with E-state index in [1.165, 1.54) is 0 Å². The van der Waals surface area contributed by atoms with Crippen molar-refractivity contribution < 1.29 is 24.5 Å². The molecule has 2 atom stereocenters. The fourth-order valence-electron chi connectivity index (χ4n) is 2.39. The van der Waals surface area contributed by atoms with E-state index in [-0.39, 0.29) is 24.7 Å². The summed E-state index contributed by atoms with van der Waals surface area (Å²) < 4.78 is 5.29. The number of carboxylic acid groups (broad SMARTS) is 1. The highest BCUT2D eigenvalue weighted by Gasteiger charge is 2.39. The molecule has 2 fully saturated rings. The van der Waals surface area contributed by atoms with E-state index in [2.05, 4.69) is 0 Å². The van der Waals surface area contributed by atoms with E-state index in [1.807, 2.05) is 0 Å². The number of aliphatic hydroxyl groups excluding tert-OH is 1. The van der Waals surface area contributed by atoms with Gasteiger partial charge in [0.05, 0.1) is 31.8 Å². The van der Waals surface area contributed by atoms with Crippen LogP contribution >= 0.6 is 0 Å². The molecule has 0 aliphatic carbocycles. The lowest BCUT2D eigenvalue weighted by atomic mass is 9.87.